The van der Waals surface area contributed by atoms with E-state index in [-0.39, 0.29) is 18.4 Å². The van der Waals surface area contributed by atoms with Gasteiger partial charge in [0, 0.05) is 13.1 Å². The van der Waals surface area contributed by atoms with Crippen molar-refractivity contribution >= 4 is 69.9 Å². The number of sulfonamides is 1. The van der Waals surface area contributed by atoms with Gasteiger partial charge >= 0.3 is 0 Å². The van der Waals surface area contributed by atoms with E-state index in [9.17, 15) is 13.2 Å². The monoisotopic (exact) mass is 499 g/mol. The van der Waals surface area contributed by atoms with Gasteiger partial charge in [-0.05, 0) is 59.5 Å². The van der Waals surface area contributed by atoms with Crippen molar-refractivity contribution < 1.29 is 13.2 Å². The van der Waals surface area contributed by atoms with Crippen LogP contribution in [0.1, 0.15) is 18.4 Å². The van der Waals surface area contributed by atoms with E-state index in [1.165, 1.54) is 27.0 Å². The maximum Gasteiger partial charge on any atom is 0.252 e. The summed E-state index contributed by atoms with van der Waals surface area (Å²) in [5, 5.41) is 3.44. The Morgan fingerprint density at radius 3 is 2.82 bits per heavy atom. The van der Waals surface area contributed by atoms with E-state index in [1.54, 1.807) is 12.1 Å². The molecule has 1 unspecified atom stereocenters. The molecule has 1 aliphatic heterocycles. The highest BCUT2D eigenvalue weighted by molar-refractivity contribution is 9.11. The number of halogens is 1. The average molecular weight is 500 g/mol. The number of hydrogen-bond acceptors (Lipinski definition) is 6. The van der Waals surface area contributed by atoms with Crippen LogP contribution in [0.2, 0.25) is 0 Å². The zero-order valence-corrected chi connectivity index (χ0v) is 19.0. The third-order valence-corrected chi connectivity index (χ3v) is 9.64. The molecule has 1 N–H and O–H groups in total. The van der Waals surface area contributed by atoms with Crippen LogP contribution in [-0.4, -0.2) is 36.7 Å². The summed E-state index contributed by atoms with van der Waals surface area (Å²) in [4.78, 5) is 17.3. The summed E-state index contributed by atoms with van der Waals surface area (Å²) in [7, 11) is -3.58. The summed E-state index contributed by atoms with van der Waals surface area (Å²) in [6.07, 6.45) is 1.32. The first kappa shape index (κ1) is 20.0. The molecule has 0 spiro atoms. The number of nitrogens with zero attached hydrogens (tertiary/aromatic N) is 2. The number of amides is 1. The summed E-state index contributed by atoms with van der Waals surface area (Å²) >= 11 is 5.92. The minimum atomic E-state index is -3.58. The van der Waals surface area contributed by atoms with Gasteiger partial charge in [-0.3, -0.25) is 4.79 Å². The number of anilines is 1. The number of fused-ring (bicyclic) bond motifs is 1. The quantitative estimate of drug-likeness (QED) is 0.574. The van der Waals surface area contributed by atoms with Crippen LogP contribution >= 0.6 is 38.6 Å². The zero-order chi connectivity index (χ0) is 19.9. The largest absolute Gasteiger partial charge is 0.302 e. The number of aromatic nitrogens is 1. The number of carbonyl (C=O) groups excluding carboxylic acids is 1. The van der Waals surface area contributed by atoms with Crippen LogP contribution in [0.25, 0.3) is 10.2 Å². The Labute approximate surface area is 179 Å². The van der Waals surface area contributed by atoms with Crippen LogP contribution in [0, 0.1) is 12.8 Å². The SMILES string of the molecule is Cc1cccc2sc(NC(=O)C3CCCN(S(=O)(=O)c4ccc(Br)s4)C3)nc12. The Hall–Kier alpha value is -1.33. The van der Waals surface area contributed by atoms with Crippen molar-refractivity contribution in [1.82, 2.24) is 9.29 Å². The van der Waals surface area contributed by atoms with Gasteiger partial charge in [-0.25, -0.2) is 13.4 Å². The predicted octanol–water partition coefficient (Wildman–Crippen LogP) is 4.47. The molecule has 4 rings (SSSR count). The second-order valence-corrected chi connectivity index (χ2v) is 12.3. The van der Waals surface area contributed by atoms with Crippen LogP contribution < -0.4 is 5.32 Å². The molecule has 28 heavy (non-hydrogen) atoms. The van der Waals surface area contributed by atoms with Gasteiger partial charge in [0.1, 0.15) is 4.21 Å². The highest BCUT2D eigenvalue weighted by atomic mass is 79.9. The first-order valence-electron chi connectivity index (χ1n) is 8.77. The van der Waals surface area contributed by atoms with Crippen molar-refractivity contribution in [2.75, 3.05) is 18.4 Å². The van der Waals surface area contributed by atoms with Gasteiger partial charge in [-0.2, -0.15) is 4.31 Å². The Kier molecular flexibility index (Phi) is 5.58. The molecule has 0 radical (unpaired) electrons. The lowest BCUT2D eigenvalue weighted by Crippen LogP contribution is -2.43. The molecular formula is C18H18BrN3O3S3. The normalized spacial score (nSPS) is 18.4. The summed E-state index contributed by atoms with van der Waals surface area (Å²) in [6.45, 7) is 2.61. The molecule has 0 bridgehead atoms. The van der Waals surface area contributed by atoms with Crippen LogP contribution in [0.3, 0.4) is 0 Å². The van der Waals surface area contributed by atoms with E-state index in [2.05, 4.69) is 26.2 Å². The van der Waals surface area contributed by atoms with Crippen LogP contribution in [-0.2, 0) is 14.8 Å². The van der Waals surface area contributed by atoms with Gasteiger partial charge in [-0.1, -0.05) is 23.5 Å². The zero-order valence-electron chi connectivity index (χ0n) is 15.0. The molecule has 10 heteroatoms. The van der Waals surface area contributed by atoms with E-state index in [4.69, 9.17) is 0 Å². The van der Waals surface area contributed by atoms with E-state index in [0.717, 1.165) is 19.6 Å². The third-order valence-electron chi connectivity index (χ3n) is 4.75. The number of para-hydroxylation sites is 1. The van der Waals surface area contributed by atoms with Crippen molar-refractivity contribution in [2.45, 2.75) is 24.0 Å². The summed E-state index contributed by atoms with van der Waals surface area (Å²) < 4.78 is 29.2. The highest BCUT2D eigenvalue weighted by Gasteiger charge is 2.34. The second kappa shape index (κ2) is 7.83. The van der Waals surface area contributed by atoms with Gasteiger partial charge in [0.2, 0.25) is 5.91 Å². The molecule has 0 saturated carbocycles. The molecule has 0 aliphatic carbocycles. The molecule has 148 valence electrons. The number of nitrogens with one attached hydrogen (secondary N) is 1. The van der Waals surface area contributed by atoms with Crippen LogP contribution in [0.4, 0.5) is 5.13 Å². The molecule has 1 aromatic carbocycles. The standard InChI is InChI=1S/C18H18BrN3O3S3/c1-11-4-2-6-13-16(11)20-18(26-13)21-17(23)12-5-3-9-22(10-12)28(24,25)15-8-7-14(19)27-15/h2,4,6-8,12H,3,5,9-10H2,1H3,(H,20,21,23). The number of thiophene rings is 1. The van der Waals surface area contributed by atoms with Crippen molar-refractivity contribution in [3.05, 3.63) is 39.7 Å². The topological polar surface area (TPSA) is 79.4 Å². The number of thiazole rings is 1. The van der Waals surface area contributed by atoms with Crippen molar-refractivity contribution in [3.63, 3.8) is 0 Å². The second-order valence-electron chi connectivity index (χ2n) is 6.69. The molecule has 1 atom stereocenters. The number of rotatable bonds is 4. The van der Waals surface area contributed by atoms with Gasteiger partial charge in [0.05, 0.1) is 19.9 Å². The lowest BCUT2D eigenvalue weighted by atomic mass is 9.99. The first-order valence-corrected chi connectivity index (χ1v) is 12.6. The molecular weight excluding hydrogens is 482 g/mol. The maximum atomic E-state index is 12.9. The molecule has 1 amide bonds. The fraction of sp³-hybridized carbons (Fsp3) is 0.333. The smallest absolute Gasteiger partial charge is 0.252 e. The Morgan fingerprint density at radius 1 is 1.29 bits per heavy atom. The fourth-order valence-electron chi connectivity index (χ4n) is 3.29. The molecule has 2 aromatic heterocycles. The summed E-state index contributed by atoms with van der Waals surface area (Å²) in [5.41, 5.74) is 1.95. The molecule has 1 fully saturated rings. The number of hydrogen-bond donors (Lipinski definition) is 1. The predicted molar refractivity (Wildman–Crippen MR) is 116 cm³/mol. The lowest BCUT2D eigenvalue weighted by Gasteiger charge is -2.30. The van der Waals surface area contributed by atoms with E-state index in [1.807, 2.05) is 25.1 Å². The van der Waals surface area contributed by atoms with Crippen LogP contribution in [0.5, 0.6) is 0 Å². The first-order chi connectivity index (χ1) is 13.3. The van der Waals surface area contributed by atoms with Crippen molar-refractivity contribution in [1.29, 1.82) is 0 Å². The van der Waals surface area contributed by atoms with Gasteiger partial charge in [0.25, 0.3) is 10.0 Å². The number of benzene rings is 1. The average Bonchev–Trinajstić information content (AvgIpc) is 3.29. The Bertz CT molecular complexity index is 1140. The molecule has 3 aromatic rings. The molecule has 1 saturated heterocycles. The molecule has 1 aliphatic rings. The Balaban J connectivity index is 1.49. The third kappa shape index (κ3) is 3.88. The maximum absolute atomic E-state index is 12.9. The summed E-state index contributed by atoms with van der Waals surface area (Å²) in [6, 6.07) is 9.25. The number of piperidine rings is 1. The van der Waals surface area contributed by atoms with Gasteiger partial charge in [-0.15, -0.1) is 11.3 Å². The number of aryl methyl sites for hydroxylation is 1. The number of carbonyl (C=O) groups is 1. The molecule has 3 heterocycles. The minimum absolute atomic E-state index is 0.177. The lowest BCUT2D eigenvalue weighted by molar-refractivity contribution is -0.120. The highest BCUT2D eigenvalue weighted by Crippen LogP contribution is 2.32. The fourth-order valence-corrected chi connectivity index (χ4v) is 7.92. The van der Waals surface area contributed by atoms with E-state index < -0.39 is 10.0 Å². The molecule has 6 nitrogen and oxygen atoms in total. The Morgan fingerprint density at radius 2 is 2.11 bits per heavy atom. The van der Waals surface area contributed by atoms with Crippen LogP contribution in [0.15, 0.2) is 38.3 Å². The van der Waals surface area contributed by atoms with E-state index in [0.29, 0.717) is 28.7 Å². The van der Waals surface area contributed by atoms with Gasteiger partial charge < -0.3 is 5.32 Å². The van der Waals surface area contributed by atoms with Crippen molar-refractivity contribution in [3.8, 4) is 0 Å². The minimum Gasteiger partial charge on any atom is -0.302 e. The van der Waals surface area contributed by atoms with E-state index >= 15 is 0 Å². The van der Waals surface area contributed by atoms with Gasteiger partial charge in [0.15, 0.2) is 5.13 Å². The van der Waals surface area contributed by atoms with Crippen molar-refractivity contribution in [2.24, 2.45) is 5.92 Å². The summed E-state index contributed by atoms with van der Waals surface area (Å²) in [5.74, 6) is -0.566.